The van der Waals surface area contributed by atoms with Crippen LogP contribution in [-0.4, -0.2) is 63.3 Å². The second-order valence-corrected chi connectivity index (χ2v) is 10.9. The van der Waals surface area contributed by atoms with Crippen LogP contribution in [0.5, 0.6) is 0 Å². The Labute approximate surface area is 238 Å². The zero-order valence-corrected chi connectivity index (χ0v) is 23.6. The number of halogens is 1. The summed E-state index contributed by atoms with van der Waals surface area (Å²) in [6.45, 7) is 5.77. The van der Waals surface area contributed by atoms with Crippen LogP contribution >= 0.6 is 0 Å². The molecule has 4 heterocycles. The van der Waals surface area contributed by atoms with Gasteiger partial charge in [-0.2, -0.15) is 5.10 Å². The van der Waals surface area contributed by atoms with Crippen LogP contribution in [0.4, 0.5) is 15.8 Å². The summed E-state index contributed by atoms with van der Waals surface area (Å²) < 4.78 is 14.7. The fraction of sp³-hybridized carbons (Fsp3) is 0.219. The van der Waals surface area contributed by atoms with E-state index in [1.165, 1.54) is 12.1 Å². The topological polar surface area (TPSA) is 97.5 Å². The van der Waals surface area contributed by atoms with Gasteiger partial charge in [0.05, 0.1) is 22.6 Å². The lowest BCUT2D eigenvalue weighted by Crippen LogP contribution is -2.20. The molecule has 0 unspecified atom stereocenters. The number of rotatable bonds is 9. The third-order valence-corrected chi connectivity index (χ3v) is 6.95. The summed E-state index contributed by atoms with van der Waals surface area (Å²) in [4.78, 5) is 14.7. The maximum atomic E-state index is 14.7. The molecule has 6 aromatic rings. The molecular formula is C32H33FN8. The van der Waals surface area contributed by atoms with Gasteiger partial charge in [0.25, 0.3) is 0 Å². The molecule has 0 aliphatic rings. The molecule has 0 radical (unpaired) electrons. The summed E-state index contributed by atoms with van der Waals surface area (Å²) in [5, 5.41) is 16.4. The second kappa shape index (κ2) is 11.0. The Bertz CT molecular complexity index is 1840. The molecule has 4 N–H and O–H groups in total. The number of pyridine rings is 2. The highest BCUT2D eigenvalue weighted by Gasteiger charge is 2.16. The number of likely N-dealkylation sites (N-methyl/N-ethyl adjacent to an activating group) is 1. The third-order valence-electron chi connectivity index (χ3n) is 6.95. The molecule has 4 aromatic heterocycles. The molecule has 0 amide bonds. The number of hydrogen-bond donors (Lipinski definition) is 4. The summed E-state index contributed by atoms with van der Waals surface area (Å²) in [5.41, 5.74) is 8.70. The number of benzene rings is 2. The van der Waals surface area contributed by atoms with Gasteiger partial charge in [0.15, 0.2) is 0 Å². The first-order chi connectivity index (χ1) is 19.8. The average molecular weight is 549 g/mol. The van der Waals surface area contributed by atoms with Crippen molar-refractivity contribution in [2.24, 2.45) is 0 Å². The summed E-state index contributed by atoms with van der Waals surface area (Å²) in [7, 11) is 4.02. The van der Waals surface area contributed by atoms with Crippen LogP contribution in [0.3, 0.4) is 0 Å². The number of aromatic amines is 2. The third kappa shape index (κ3) is 5.62. The van der Waals surface area contributed by atoms with Gasteiger partial charge < -0.3 is 20.5 Å². The van der Waals surface area contributed by atoms with Gasteiger partial charge in [-0.05, 0) is 82.0 Å². The van der Waals surface area contributed by atoms with Gasteiger partial charge in [-0.3, -0.25) is 15.1 Å². The van der Waals surface area contributed by atoms with E-state index in [1.807, 2.05) is 50.8 Å². The van der Waals surface area contributed by atoms with Crippen molar-refractivity contribution in [3.8, 4) is 33.8 Å². The fourth-order valence-corrected chi connectivity index (χ4v) is 5.07. The molecule has 8 nitrogen and oxygen atoms in total. The van der Waals surface area contributed by atoms with Gasteiger partial charge >= 0.3 is 0 Å². The first kappa shape index (κ1) is 26.5. The Hall–Kier alpha value is -4.76. The molecule has 0 aliphatic heterocycles. The molecule has 0 fully saturated rings. The van der Waals surface area contributed by atoms with E-state index >= 15 is 0 Å². The van der Waals surface area contributed by atoms with Crippen molar-refractivity contribution in [1.29, 1.82) is 0 Å². The molecule has 2 aromatic carbocycles. The quantitative estimate of drug-likeness (QED) is 0.159. The number of H-pyrrole nitrogens is 2. The van der Waals surface area contributed by atoms with Crippen LogP contribution < -0.4 is 10.6 Å². The van der Waals surface area contributed by atoms with Crippen molar-refractivity contribution in [2.75, 3.05) is 37.8 Å². The highest BCUT2D eigenvalue weighted by atomic mass is 19.1. The van der Waals surface area contributed by atoms with E-state index in [0.717, 1.165) is 62.2 Å². The maximum Gasteiger partial charge on any atom is 0.125 e. The molecule has 9 heteroatoms. The van der Waals surface area contributed by atoms with Crippen molar-refractivity contribution in [3.63, 3.8) is 0 Å². The largest absolute Gasteiger partial charge is 0.384 e. The van der Waals surface area contributed by atoms with E-state index in [9.17, 15) is 4.39 Å². The van der Waals surface area contributed by atoms with Crippen LogP contribution in [-0.2, 0) is 0 Å². The predicted octanol–water partition coefficient (Wildman–Crippen LogP) is 6.77. The molecule has 0 bridgehead atoms. The van der Waals surface area contributed by atoms with E-state index in [4.69, 9.17) is 0 Å². The van der Waals surface area contributed by atoms with Crippen molar-refractivity contribution >= 4 is 33.2 Å². The molecule has 6 rings (SSSR count). The van der Waals surface area contributed by atoms with Crippen LogP contribution in [0.2, 0.25) is 0 Å². The van der Waals surface area contributed by atoms with E-state index in [-0.39, 0.29) is 5.82 Å². The minimum Gasteiger partial charge on any atom is -0.384 e. The lowest BCUT2D eigenvalue weighted by Gasteiger charge is -2.12. The van der Waals surface area contributed by atoms with Crippen molar-refractivity contribution in [3.05, 3.63) is 79.0 Å². The number of hydrogen-bond acceptors (Lipinski definition) is 6. The Kier molecular flexibility index (Phi) is 7.11. The highest BCUT2D eigenvalue weighted by molar-refractivity contribution is 6.01. The molecule has 0 spiro atoms. The molecule has 0 saturated heterocycles. The Balaban J connectivity index is 1.37. The fourth-order valence-electron chi connectivity index (χ4n) is 5.07. The van der Waals surface area contributed by atoms with Crippen LogP contribution in [0.1, 0.15) is 13.8 Å². The average Bonchev–Trinajstić information content (AvgIpc) is 3.56. The van der Waals surface area contributed by atoms with Gasteiger partial charge in [0, 0.05) is 70.8 Å². The monoisotopic (exact) mass is 548 g/mol. The summed E-state index contributed by atoms with van der Waals surface area (Å²) in [6.07, 6.45) is 5.45. The van der Waals surface area contributed by atoms with E-state index in [2.05, 4.69) is 72.7 Å². The zero-order valence-electron chi connectivity index (χ0n) is 23.6. The zero-order chi connectivity index (χ0) is 28.5. The number of nitrogens with one attached hydrogen (secondary N) is 4. The second-order valence-electron chi connectivity index (χ2n) is 10.9. The van der Waals surface area contributed by atoms with Crippen molar-refractivity contribution in [1.82, 2.24) is 30.0 Å². The minimum atomic E-state index is -0.308. The summed E-state index contributed by atoms with van der Waals surface area (Å²) in [5.74, 6) is -0.308. The first-order valence-electron chi connectivity index (χ1n) is 13.7. The molecule has 0 aliphatic carbocycles. The summed E-state index contributed by atoms with van der Waals surface area (Å²) in [6, 6.07) is 17.6. The minimum absolute atomic E-state index is 0.308. The molecule has 208 valence electrons. The number of fused-ring (bicyclic) bond motifs is 2. The molecular weight excluding hydrogens is 515 g/mol. The van der Waals surface area contributed by atoms with E-state index in [0.29, 0.717) is 23.8 Å². The highest BCUT2D eigenvalue weighted by Crippen LogP contribution is 2.35. The smallest absolute Gasteiger partial charge is 0.125 e. The normalized spacial score (nSPS) is 11.7. The van der Waals surface area contributed by atoms with Gasteiger partial charge in [-0.15, -0.1) is 0 Å². The van der Waals surface area contributed by atoms with Crippen LogP contribution in [0.25, 0.3) is 55.6 Å². The Morgan fingerprint density at radius 2 is 1.68 bits per heavy atom. The first-order valence-corrected chi connectivity index (χ1v) is 13.7. The molecule has 41 heavy (non-hydrogen) atoms. The van der Waals surface area contributed by atoms with Crippen molar-refractivity contribution in [2.45, 2.75) is 19.9 Å². The predicted molar refractivity (Wildman–Crippen MR) is 166 cm³/mol. The lowest BCUT2D eigenvalue weighted by atomic mass is 10.0. The van der Waals surface area contributed by atoms with Crippen LogP contribution in [0, 0.1) is 5.82 Å². The summed E-state index contributed by atoms with van der Waals surface area (Å²) >= 11 is 0. The maximum absolute atomic E-state index is 14.7. The standard InChI is InChI=1S/C32H33FN8/c1-19(2)37-25-13-22(17-34-18-25)20-5-6-29-26(14-20)32(40-39-29)30-16-27-28(38-30)7-8-36-31(27)21-11-23(33)15-24(12-21)35-9-10-41(3)4/h5-8,11-19,35,37-38H,9-10H2,1-4H3,(H,39,40). The van der Waals surface area contributed by atoms with Gasteiger partial charge in [0.1, 0.15) is 11.5 Å². The van der Waals surface area contributed by atoms with Gasteiger partial charge in [-0.1, -0.05) is 6.07 Å². The Morgan fingerprint density at radius 3 is 2.51 bits per heavy atom. The van der Waals surface area contributed by atoms with E-state index < -0.39 is 0 Å². The molecule has 0 atom stereocenters. The molecule has 0 saturated carbocycles. The number of aromatic nitrogens is 5. The lowest BCUT2D eigenvalue weighted by molar-refractivity contribution is 0.425. The van der Waals surface area contributed by atoms with Gasteiger partial charge in [0.2, 0.25) is 0 Å². The number of nitrogens with zero attached hydrogens (tertiary/aromatic N) is 4. The Morgan fingerprint density at radius 1 is 0.854 bits per heavy atom. The number of anilines is 2. The van der Waals surface area contributed by atoms with Crippen LogP contribution in [0.15, 0.2) is 73.2 Å². The van der Waals surface area contributed by atoms with Gasteiger partial charge in [-0.25, -0.2) is 4.39 Å². The van der Waals surface area contributed by atoms with E-state index in [1.54, 1.807) is 6.20 Å². The SMILES string of the molecule is CC(C)Nc1cncc(-c2ccc3[nH]nc(-c4cc5c(-c6cc(F)cc(NCCN(C)C)c6)nccc5[nH]4)c3c2)c1. The van der Waals surface area contributed by atoms with Crippen molar-refractivity contribution < 1.29 is 4.39 Å².